The summed E-state index contributed by atoms with van der Waals surface area (Å²) >= 11 is 23.5. The van der Waals surface area contributed by atoms with Crippen LogP contribution in [0.5, 0.6) is 0 Å². The highest BCUT2D eigenvalue weighted by molar-refractivity contribution is 6.19. The third-order valence-electron chi connectivity index (χ3n) is 12.6. The number of halogens is 4. The molecule has 0 spiro atoms. The van der Waals surface area contributed by atoms with Gasteiger partial charge in [-0.3, -0.25) is 14.4 Å². The first-order chi connectivity index (χ1) is 38.4. The van der Waals surface area contributed by atoms with Crippen LogP contribution >= 0.6 is 46.4 Å². The lowest BCUT2D eigenvalue weighted by Crippen LogP contribution is -2.38. The van der Waals surface area contributed by atoms with Gasteiger partial charge in [0.25, 0.3) is 0 Å². The van der Waals surface area contributed by atoms with Crippen LogP contribution in [-0.4, -0.2) is 119 Å². The van der Waals surface area contributed by atoms with Crippen molar-refractivity contribution in [2.24, 2.45) is 5.73 Å². The minimum Gasteiger partial charge on any atom is -0.469 e. The first-order valence-electron chi connectivity index (χ1n) is 26.1. The van der Waals surface area contributed by atoms with E-state index in [-0.39, 0.29) is 44.5 Å². The normalized spacial score (nSPS) is 11.6. The van der Waals surface area contributed by atoms with E-state index in [4.69, 9.17) is 76.8 Å². The van der Waals surface area contributed by atoms with Crippen molar-refractivity contribution >= 4 is 93.6 Å². The highest BCUT2D eigenvalue weighted by Gasteiger charge is 2.22. The maximum atomic E-state index is 12.3. The molecule has 0 fully saturated rings. The second kappa shape index (κ2) is 38.3. The summed E-state index contributed by atoms with van der Waals surface area (Å²) in [5, 5.41) is 5.55. The second-order valence-corrected chi connectivity index (χ2v) is 20.2. The van der Waals surface area contributed by atoms with Crippen molar-refractivity contribution < 1.29 is 47.7 Å². The molecule has 3 unspecified atom stereocenters. The first kappa shape index (κ1) is 67.8. The van der Waals surface area contributed by atoms with E-state index >= 15 is 0 Å². The average Bonchev–Trinajstić information content (AvgIpc) is 3.45. The number of esters is 3. The molecule has 0 bridgehead atoms. The highest BCUT2D eigenvalue weighted by Crippen LogP contribution is 2.23. The van der Waals surface area contributed by atoms with Gasteiger partial charge in [0.05, 0.1) is 40.6 Å². The van der Waals surface area contributed by atoms with Crippen LogP contribution in [0.3, 0.4) is 0 Å². The average molecular weight is 1190 g/mol. The number of anilines is 3. The summed E-state index contributed by atoms with van der Waals surface area (Å²) in [4.78, 5) is 63.6. The number of ether oxygens (including phenoxy) is 5. The monoisotopic (exact) mass is 1180 g/mol. The number of hydrogen-bond acceptors (Lipinski definition) is 14. The number of amides is 2. The van der Waals surface area contributed by atoms with Gasteiger partial charge >= 0.3 is 30.1 Å². The second-order valence-electron chi connectivity index (χ2n) is 18.7. The summed E-state index contributed by atoms with van der Waals surface area (Å²) in [5.74, 6) is 1.05. The van der Waals surface area contributed by atoms with Gasteiger partial charge in [-0.1, -0.05) is 78.9 Å². The lowest BCUT2D eigenvalue weighted by molar-refractivity contribution is -0.142. The summed E-state index contributed by atoms with van der Waals surface area (Å²) < 4.78 is 24.7. The molecule has 5 rings (SSSR count). The van der Waals surface area contributed by atoms with E-state index in [0.717, 1.165) is 69.0 Å². The molecule has 2 amide bonds. The number of nitrogens with two attached hydrogens (primary N) is 2. The Morgan fingerprint density at radius 1 is 0.487 bits per heavy atom. The van der Waals surface area contributed by atoms with Crippen LogP contribution in [-0.2, 0) is 70.5 Å². The summed E-state index contributed by atoms with van der Waals surface area (Å²) in [7, 11) is 4.02. The van der Waals surface area contributed by atoms with E-state index in [0.29, 0.717) is 61.6 Å². The van der Waals surface area contributed by atoms with Crippen LogP contribution in [0.25, 0.3) is 0 Å². The van der Waals surface area contributed by atoms with Gasteiger partial charge in [-0.05, 0) is 121 Å². The molecule has 16 nitrogen and oxygen atoms in total. The van der Waals surface area contributed by atoms with Gasteiger partial charge in [-0.15, -0.1) is 46.4 Å². The van der Waals surface area contributed by atoms with Crippen molar-refractivity contribution in [3.63, 3.8) is 0 Å². The van der Waals surface area contributed by atoms with E-state index in [1.807, 2.05) is 112 Å². The molecule has 80 heavy (non-hydrogen) atoms. The highest BCUT2D eigenvalue weighted by atomic mass is 35.5. The molecule has 5 aromatic carbocycles. The maximum Gasteiger partial charge on any atom is 0.407 e. The van der Waals surface area contributed by atoms with Crippen LogP contribution in [0.15, 0.2) is 115 Å². The van der Waals surface area contributed by atoms with Crippen molar-refractivity contribution in [3.8, 4) is 0 Å². The largest absolute Gasteiger partial charge is 0.469 e. The fourth-order valence-corrected chi connectivity index (χ4v) is 9.09. The standard InChI is InChI=1S/C24H30Cl2N2O4.C20H24N2O4.C16H24Cl2N2O2/c1-18-14-22(28(12-10-25)13-11-26)9-8-20(18)15-21(16-23(29)31-2)27-24(30)32-17-19-6-4-3-5-7-19;1-14-10-17(21)9-8-16(14)11-18(12-19(23)25-2)22-20(24)26-13-15-6-4-3-5-7-15;1-12-9-15(20(7-5-17)8-6-18)4-3-13(12)10-14(19)11-16(21)22-2/h3-9,14,21H,10-13,15-17H2,1-2H3,(H,27,30);3-10,18H,11-13,21H2,1-2H3,(H,22,24);3-4,9,14H,5-8,10-11,19H2,1-2H3. The molecule has 5 aromatic rings. The van der Waals surface area contributed by atoms with Gasteiger partial charge in [-0.2, -0.15) is 0 Å². The quantitative estimate of drug-likeness (QED) is 0.0159. The molecule has 436 valence electrons. The topological polar surface area (TPSA) is 214 Å². The lowest BCUT2D eigenvalue weighted by Gasteiger charge is -2.24. The molecule has 0 heterocycles. The molecule has 0 aliphatic heterocycles. The Morgan fingerprint density at radius 3 is 1.19 bits per heavy atom. The van der Waals surface area contributed by atoms with Crippen LogP contribution in [0.1, 0.15) is 63.8 Å². The van der Waals surface area contributed by atoms with E-state index in [1.54, 1.807) is 6.07 Å². The molecule has 3 atom stereocenters. The van der Waals surface area contributed by atoms with Gasteiger partial charge in [-0.25, -0.2) is 9.59 Å². The van der Waals surface area contributed by atoms with Gasteiger partial charge < -0.3 is 55.6 Å². The molecule has 20 heteroatoms. The SMILES string of the molecule is COC(=O)CC(Cc1ccc(N(CCCl)CCCl)cc1C)NC(=O)OCc1ccccc1.COC(=O)CC(Cc1ccc(N)cc1C)NC(=O)OCc1ccccc1.COC(=O)CC(N)Cc1ccc(N(CCCl)CCCl)cc1C. The van der Waals surface area contributed by atoms with E-state index in [2.05, 4.69) is 43.4 Å². The molecular weight excluding hydrogens is 1110 g/mol. The minimum absolute atomic E-state index is 0.0444. The van der Waals surface area contributed by atoms with E-state index in [9.17, 15) is 24.0 Å². The number of alkyl carbamates (subject to hydrolysis) is 2. The Balaban J connectivity index is 0.000000321. The number of aryl methyl sites for hydroxylation is 3. The molecule has 0 radical (unpaired) electrons. The molecule has 0 aromatic heterocycles. The number of rotatable bonds is 28. The predicted octanol–water partition coefficient (Wildman–Crippen LogP) is 10.4. The summed E-state index contributed by atoms with van der Waals surface area (Å²) in [6.45, 7) is 9.23. The number of benzene rings is 5. The number of methoxy groups -OCH3 is 3. The summed E-state index contributed by atoms with van der Waals surface area (Å²) in [6, 6.07) is 35.5. The maximum absolute atomic E-state index is 12.3. The summed E-state index contributed by atoms with van der Waals surface area (Å²) in [5.41, 5.74) is 22.7. The fraction of sp³-hybridized carbons (Fsp3) is 0.417. The molecule has 0 aliphatic carbocycles. The van der Waals surface area contributed by atoms with Crippen molar-refractivity contribution in [2.75, 3.05) is 86.6 Å². The number of carbonyl (C=O) groups excluding carboxylic acids is 5. The van der Waals surface area contributed by atoms with Crippen molar-refractivity contribution in [1.29, 1.82) is 0 Å². The Kier molecular flexibility index (Phi) is 32.4. The predicted molar refractivity (Wildman–Crippen MR) is 321 cm³/mol. The number of alkyl halides is 4. The molecule has 0 saturated heterocycles. The minimum atomic E-state index is -0.576. The van der Waals surface area contributed by atoms with Crippen molar-refractivity contribution in [2.45, 2.75) is 90.6 Å². The Morgan fingerprint density at radius 2 is 0.838 bits per heavy atom. The van der Waals surface area contributed by atoms with Crippen LogP contribution < -0.4 is 31.9 Å². The van der Waals surface area contributed by atoms with Crippen LogP contribution in [0.4, 0.5) is 26.7 Å². The Hall–Kier alpha value is -6.43. The molecule has 6 N–H and O–H groups in total. The zero-order valence-electron chi connectivity index (χ0n) is 46.7. The van der Waals surface area contributed by atoms with Gasteiger partial charge in [0.1, 0.15) is 13.2 Å². The third-order valence-corrected chi connectivity index (χ3v) is 13.3. The summed E-state index contributed by atoms with van der Waals surface area (Å²) in [6.07, 6.45) is 0.759. The number of carbonyl (C=O) groups is 5. The zero-order chi connectivity index (χ0) is 58.8. The molecular formula is C60H78Cl4N6O10. The van der Waals surface area contributed by atoms with Crippen molar-refractivity contribution in [3.05, 3.63) is 160 Å². The van der Waals surface area contributed by atoms with Crippen LogP contribution in [0, 0.1) is 20.8 Å². The van der Waals surface area contributed by atoms with E-state index in [1.165, 1.54) is 21.3 Å². The van der Waals surface area contributed by atoms with Gasteiger partial charge in [0.2, 0.25) is 0 Å². The Bertz CT molecular complexity index is 2640. The van der Waals surface area contributed by atoms with Gasteiger partial charge in [0.15, 0.2) is 0 Å². The fourth-order valence-electron chi connectivity index (χ4n) is 8.27. The van der Waals surface area contributed by atoms with Crippen molar-refractivity contribution in [1.82, 2.24) is 10.6 Å². The molecule has 0 aliphatic rings. The lowest BCUT2D eigenvalue weighted by atomic mass is 9.98. The smallest absolute Gasteiger partial charge is 0.407 e. The van der Waals surface area contributed by atoms with Gasteiger partial charge in [0, 0.05) is 84.9 Å². The first-order valence-corrected chi connectivity index (χ1v) is 28.3. The van der Waals surface area contributed by atoms with Crippen LogP contribution in [0.2, 0.25) is 0 Å². The number of nitrogens with one attached hydrogen (secondary N) is 2. The number of nitrogens with zero attached hydrogens (tertiary/aromatic N) is 2. The number of hydrogen-bond donors (Lipinski definition) is 4. The van der Waals surface area contributed by atoms with E-state index < -0.39 is 36.2 Å². The third kappa shape index (κ3) is 26.2. The Labute approximate surface area is 492 Å². The number of nitrogen functional groups attached to an aromatic ring is 1. The zero-order valence-corrected chi connectivity index (χ0v) is 49.7. The molecule has 0 saturated carbocycles.